The number of hydrogen-bond acceptors (Lipinski definition) is 5. The van der Waals surface area contributed by atoms with Gasteiger partial charge in [-0.3, -0.25) is 14.7 Å². The Kier molecular flexibility index (Phi) is 5.60. The highest BCUT2D eigenvalue weighted by Crippen LogP contribution is 2.48. The van der Waals surface area contributed by atoms with Crippen LogP contribution in [0.15, 0.2) is 48.8 Å². The molecule has 1 aliphatic carbocycles. The number of likely N-dealkylation sites (tertiary alicyclic amines) is 2. The van der Waals surface area contributed by atoms with Gasteiger partial charge in [-0.25, -0.2) is 4.68 Å². The fraction of sp³-hybridized carbons (Fsp3) is 0.464. The monoisotopic (exact) mass is 471 g/mol. The van der Waals surface area contributed by atoms with E-state index in [1.807, 2.05) is 34.0 Å². The number of aryl methyl sites for hydroxylation is 2. The first-order chi connectivity index (χ1) is 17.0. The van der Waals surface area contributed by atoms with E-state index in [-0.39, 0.29) is 5.91 Å². The van der Waals surface area contributed by atoms with Crippen LogP contribution in [0.5, 0.6) is 5.75 Å². The molecule has 2 aromatic heterocycles. The number of fused-ring (bicyclic) bond motifs is 1. The van der Waals surface area contributed by atoms with Crippen LogP contribution in [-0.2, 0) is 17.6 Å². The van der Waals surface area contributed by atoms with Crippen LogP contribution in [0.1, 0.15) is 47.8 Å². The molecule has 7 nitrogen and oxygen atoms in total. The van der Waals surface area contributed by atoms with Crippen molar-refractivity contribution in [3.63, 3.8) is 0 Å². The van der Waals surface area contributed by atoms with E-state index in [0.29, 0.717) is 23.6 Å². The lowest BCUT2D eigenvalue weighted by Gasteiger charge is -2.56. The van der Waals surface area contributed by atoms with Crippen LogP contribution < -0.4 is 4.74 Å². The minimum absolute atomic E-state index is 0.182. The Bertz CT molecular complexity index is 1220. The van der Waals surface area contributed by atoms with Gasteiger partial charge < -0.3 is 9.64 Å². The number of ether oxygens (including phenoxy) is 1. The van der Waals surface area contributed by atoms with Crippen molar-refractivity contribution < 1.29 is 9.53 Å². The number of rotatable bonds is 5. The number of carbonyl (C=O) groups excluding carboxylic acids is 1. The van der Waals surface area contributed by atoms with Gasteiger partial charge in [0.2, 0.25) is 5.91 Å². The molecule has 1 unspecified atom stereocenters. The summed E-state index contributed by atoms with van der Waals surface area (Å²) in [5.41, 5.74) is 6.47. The van der Waals surface area contributed by atoms with E-state index >= 15 is 0 Å². The van der Waals surface area contributed by atoms with Crippen molar-refractivity contribution in [3.05, 3.63) is 71.3 Å². The number of hydrogen-bond donors (Lipinski definition) is 0. The lowest BCUT2D eigenvalue weighted by Crippen LogP contribution is -2.61. The Labute approximate surface area is 206 Å². The van der Waals surface area contributed by atoms with Gasteiger partial charge in [0.15, 0.2) is 0 Å². The predicted molar refractivity (Wildman–Crippen MR) is 134 cm³/mol. The van der Waals surface area contributed by atoms with Crippen molar-refractivity contribution in [2.24, 2.45) is 5.41 Å². The molecule has 1 spiro atoms. The Morgan fingerprint density at radius 1 is 1.14 bits per heavy atom. The van der Waals surface area contributed by atoms with E-state index in [2.05, 4.69) is 40.1 Å². The third-order valence-corrected chi connectivity index (χ3v) is 8.31. The number of pyridine rings is 1. The van der Waals surface area contributed by atoms with Crippen molar-refractivity contribution in [2.75, 3.05) is 33.3 Å². The smallest absolute Gasteiger partial charge is 0.228 e. The quantitative estimate of drug-likeness (QED) is 0.567. The van der Waals surface area contributed by atoms with Crippen molar-refractivity contribution in [2.45, 2.75) is 45.1 Å². The zero-order chi connectivity index (χ0) is 24.0. The number of nitrogens with zero attached hydrogens (tertiary/aromatic N) is 5. The van der Waals surface area contributed by atoms with Gasteiger partial charge in [-0.05, 0) is 79.5 Å². The summed E-state index contributed by atoms with van der Waals surface area (Å²) < 4.78 is 7.18. The van der Waals surface area contributed by atoms with E-state index in [1.54, 1.807) is 13.3 Å². The molecule has 35 heavy (non-hydrogen) atoms. The standard InChI is InChI=1S/C28H33N5O2/c1-20-9-12-30-33(20)23-5-7-25-21(15-23)3-8-26(25)32-18-28(19-32)10-13-31(14-11-28)27(34)16-22-4-6-24(35-2)17-29-22/h4-7,9,12,15,17,26H,3,8,10-11,13-14,16,18-19H2,1-2H3. The summed E-state index contributed by atoms with van der Waals surface area (Å²) in [6, 6.07) is 13.2. The molecule has 6 rings (SSSR count). The van der Waals surface area contributed by atoms with Gasteiger partial charge >= 0.3 is 0 Å². The summed E-state index contributed by atoms with van der Waals surface area (Å²) in [5.74, 6) is 0.899. The van der Waals surface area contributed by atoms with E-state index in [9.17, 15) is 4.79 Å². The van der Waals surface area contributed by atoms with Crippen LogP contribution in [0, 0.1) is 12.3 Å². The molecule has 182 valence electrons. The second kappa shape index (κ2) is 8.79. The summed E-state index contributed by atoms with van der Waals surface area (Å²) in [6.45, 7) is 6.11. The molecule has 2 saturated heterocycles. The largest absolute Gasteiger partial charge is 0.495 e. The van der Waals surface area contributed by atoms with Crippen LogP contribution in [0.2, 0.25) is 0 Å². The highest BCUT2D eigenvalue weighted by Gasteiger charge is 2.48. The highest BCUT2D eigenvalue weighted by atomic mass is 16.5. The van der Waals surface area contributed by atoms with Crippen LogP contribution in [0.25, 0.3) is 5.69 Å². The number of aromatic nitrogens is 3. The fourth-order valence-electron chi connectivity index (χ4n) is 6.22. The second-order valence-electron chi connectivity index (χ2n) is 10.5. The Hall–Kier alpha value is -3.19. The van der Waals surface area contributed by atoms with Gasteiger partial charge in [0.05, 0.1) is 25.4 Å². The average Bonchev–Trinajstić information content (AvgIpc) is 3.48. The zero-order valence-electron chi connectivity index (χ0n) is 20.6. The molecule has 1 atom stereocenters. The summed E-state index contributed by atoms with van der Waals surface area (Å²) >= 11 is 0. The molecule has 7 heteroatoms. The molecular weight excluding hydrogens is 438 g/mol. The Morgan fingerprint density at radius 3 is 2.66 bits per heavy atom. The summed E-state index contributed by atoms with van der Waals surface area (Å²) in [7, 11) is 1.62. The number of methoxy groups -OCH3 is 1. The lowest BCUT2D eigenvalue weighted by atomic mass is 9.71. The molecule has 3 aliphatic rings. The topological polar surface area (TPSA) is 63.5 Å². The SMILES string of the molecule is COc1ccc(CC(=O)N2CCC3(CC2)CN(C2CCc4cc(-n5nccc5C)ccc42)C3)nc1. The van der Waals surface area contributed by atoms with Gasteiger partial charge in [0.1, 0.15) is 5.75 Å². The molecule has 0 saturated carbocycles. The van der Waals surface area contributed by atoms with Crippen LogP contribution in [0.3, 0.4) is 0 Å². The minimum Gasteiger partial charge on any atom is -0.495 e. The molecule has 2 fully saturated rings. The van der Waals surface area contributed by atoms with E-state index < -0.39 is 0 Å². The Morgan fingerprint density at radius 2 is 1.97 bits per heavy atom. The van der Waals surface area contributed by atoms with Crippen LogP contribution in [-0.4, -0.2) is 63.8 Å². The first-order valence-corrected chi connectivity index (χ1v) is 12.7. The van der Waals surface area contributed by atoms with E-state index in [1.165, 1.54) is 17.5 Å². The molecule has 1 aromatic carbocycles. The predicted octanol–water partition coefficient (Wildman–Crippen LogP) is 3.74. The fourth-order valence-corrected chi connectivity index (χ4v) is 6.22. The van der Waals surface area contributed by atoms with Gasteiger partial charge in [0, 0.05) is 49.8 Å². The third kappa shape index (κ3) is 4.12. The number of benzene rings is 1. The molecule has 0 N–H and O–H groups in total. The lowest BCUT2D eigenvalue weighted by molar-refractivity contribution is -0.136. The van der Waals surface area contributed by atoms with Gasteiger partial charge in [-0.2, -0.15) is 5.10 Å². The van der Waals surface area contributed by atoms with Crippen LogP contribution in [0.4, 0.5) is 0 Å². The van der Waals surface area contributed by atoms with Gasteiger partial charge in [0.25, 0.3) is 0 Å². The number of piperidine rings is 1. The van der Waals surface area contributed by atoms with E-state index in [0.717, 1.165) is 62.5 Å². The Balaban J connectivity index is 1.03. The van der Waals surface area contributed by atoms with Crippen molar-refractivity contribution in [1.29, 1.82) is 0 Å². The van der Waals surface area contributed by atoms with E-state index in [4.69, 9.17) is 4.74 Å². The minimum atomic E-state index is 0.182. The molecule has 3 aromatic rings. The third-order valence-electron chi connectivity index (χ3n) is 8.31. The summed E-state index contributed by atoms with van der Waals surface area (Å²) in [5, 5.41) is 4.47. The van der Waals surface area contributed by atoms with Crippen LogP contribution >= 0.6 is 0 Å². The van der Waals surface area contributed by atoms with Gasteiger partial charge in [-0.1, -0.05) is 6.07 Å². The molecular formula is C28H33N5O2. The molecule has 0 radical (unpaired) electrons. The summed E-state index contributed by atoms with van der Waals surface area (Å²) in [6.07, 6.45) is 8.44. The van der Waals surface area contributed by atoms with Crippen molar-refractivity contribution in [1.82, 2.24) is 24.6 Å². The molecule has 0 bridgehead atoms. The maximum Gasteiger partial charge on any atom is 0.228 e. The maximum absolute atomic E-state index is 12.8. The summed E-state index contributed by atoms with van der Waals surface area (Å²) in [4.78, 5) is 21.9. The highest BCUT2D eigenvalue weighted by molar-refractivity contribution is 5.78. The zero-order valence-corrected chi connectivity index (χ0v) is 20.6. The molecule has 1 amide bonds. The average molecular weight is 472 g/mol. The first kappa shape index (κ1) is 22.3. The molecule has 4 heterocycles. The van der Waals surface area contributed by atoms with Crippen molar-refractivity contribution in [3.8, 4) is 11.4 Å². The molecule has 2 aliphatic heterocycles. The number of amides is 1. The number of carbonyl (C=O) groups is 1. The van der Waals surface area contributed by atoms with Gasteiger partial charge in [-0.15, -0.1) is 0 Å². The normalized spacial score (nSPS) is 21.1. The maximum atomic E-state index is 12.8. The second-order valence-corrected chi connectivity index (χ2v) is 10.5. The first-order valence-electron chi connectivity index (χ1n) is 12.7. The van der Waals surface area contributed by atoms with Crippen molar-refractivity contribution >= 4 is 5.91 Å².